The number of aliphatic hydroxyl groups excluding tert-OH is 1. The van der Waals surface area contributed by atoms with Gasteiger partial charge in [0.2, 0.25) is 5.91 Å². The Morgan fingerprint density at radius 1 is 1.73 bits per heavy atom. The molecule has 2 N–H and O–H groups in total. The predicted molar refractivity (Wildman–Crippen MR) is 54.0 cm³/mol. The van der Waals surface area contributed by atoms with Gasteiger partial charge < -0.3 is 15.0 Å². The molecule has 6 nitrogen and oxygen atoms in total. The van der Waals surface area contributed by atoms with Crippen molar-refractivity contribution in [2.45, 2.75) is 32.9 Å². The molecule has 0 aliphatic rings. The summed E-state index contributed by atoms with van der Waals surface area (Å²) in [5, 5.41) is 19.1. The normalized spacial score (nSPS) is 12.5. The van der Waals surface area contributed by atoms with Crippen LogP contribution in [0.2, 0.25) is 0 Å². The molecule has 6 heteroatoms. The summed E-state index contributed by atoms with van der Waals surface area (Å²) in [6, 6.07) is -0.395. The van der Waals surface area contributed by atoms with Crippen molar-refractivity contribution in [3.05, 3.63) is 12.2 Å². The van der Waals surface area contributed by atoms with Gasteiger partial charge in [0.25, 0.3) is 0 Å². The van der Waals surface area contributed by atoms with E-state index in [2.05, 4.69) is 15.5 Å². The Morgan fingerprint density at radius 2 is 2.47 bits per heavy atom. The summed E-state index contributed by atoms with van der Waals surface area (Å²) in [5.74, 6) is 0.306. The van der Waals surface area contributed by atoms with E-state index in [9.17, 15) is 4.79 Å². The summed E-state index contributed by atoms with van der Waals surface area (Å²) in [4.78, 5) is 11.6. The van der Waals surface area contributed by atoms with Crippen LogP contribution in [0.1, 0.15) is 32.1 Å². The third kappa shape index (κ3) is 2.76. The van der Waals surface area contributed by atoms with Crippen molar-refractivity contribution in [3.8, 4) is 0 Å². The Kier molecular flexibility index (Phi) is 4.23. The molecule has 0 aliphatic heterocycles. The van der Waals surface area contributed by atoms with E-state index >= 15 is 0 Å². The lowest BCUT2D eigenvalue weighted by molar-refractivity contribution is -0.123. The minimum Gasteiger partial charge on any atom is -0.388 e. The number of nitrogens with one attached hydrogen (secondary N) is 1. The summed E-state index contributed by atoms with van der Waals surface area (Å²) in [6.45, 7) is 4.17. The topological polar surface area (TPSA) is 80.0 Å². The molecule has 0 saturated carbocycles. The van der Waals surface area contributed by atoms with Crippen LogP contribution in [0.4, 0.5) is 0 Å². The molecular formula is C9H16N4O2. The number of nitrogens with zero attached hydrogens (tertiary/aromatic N) is 3. The predicted octanol–water partition coefficient (Wildman–Crippen LogP) is -0.142. The van der Waals surface area contributed by atoms with Crippen molar-refractivity contribution in [2.75, 3.05) is 6.54 Å². The SMILES string of the molecule is CCCNC(=O)C(C)n1cnnc1CO. The molecule has 0 radical (unpaired) electrons. The highest BCUT2D eigenvalue weighted by Crippen LogP contribution is 2.07. The first-order chi connectivity index (χ1) is 7.20. The van der Waals surface area contributed by atoms with Gasteiger partial charge in [0.05, 0.1) is 0 Å². The molecule has 0 aliphatic carbocycles. The number of hydrogen-bond donors (Lipinski definition) is 2. The molecule has 1 atom stereocenters. The van der Waals surface area contributed by atoms with Crippen molar-refractivity contribution in [3.63, 3.8) is 0 Å². The number of aromatic nitrogens is 3. The third-order valence-electron chi connectivity index (χ3n) is 2.13. The first-order valence-corrected chi connectivity index (χ1v) is 4.97. The molecule has 1 rings (SSSR count). The molecule has 0 spiro atoms. The maximum atomic E-state index is 11.6. The van der Waals surface area contributed by atoms with E-state index in [1.165, 1.54) is 6.33 Å². The zero-order valence-electron chi connectivity index (χ0n) is 8.97. The van der Waals surface area contributed by atoms with Crippen LogP contribution in [0.25, 0.3) is 0 Å². The fraction of sp³-hybridized carbons (Fsp3) is 0.667. The fourth-order valence-electron chi connectivity index (χ4n) is 1.23. The van der Waals surface area contributed by atoms with Gasteiger partial charge in [-0.25, -0.2) is 0 Å². The van der Waals surface area contributed by atoms with Gasteiger partial charge in [-0.3, -0.25) is 4.79 Å². The third-order valence-corrected chi connectivity index (χ3v) is 2.13. The van der Waals surface area contributed by atoms with Gasteiger partial charge >= 0.3 is 0 Å². The molecule has 15 heavy (non-hydrogen) atoms. The second-order valence-electron chi connectivity index (χ2n) is 3.28. The van der Waals surface area contributed by atoms with Crippen LogP contribution < -0.4 is 5.32 Å². The van der Waals surface area contributed by atoms with Crippen LogP contribution in [0, 0.1) is 0 Å². The smallest absolute Gasteiger partial charge is 0.242 e. The Balaban J connectivity index is 2.67. The summed E-state index contributed by atoms with van der Waals surface area (Å²) in [6.07, 6.45) is 2.34. The van der Waals surface area contributed by atoms with Crippen molar-refractivity contribution >= 4 is 5.91 Å². The van der Waals surface area contributed by atoms with E-state index in [0.29, 0.717) is 12.4 Å². The van der Waals surface area contributed by atoms with E-state index in [-0.39, 0.29) is 12.5 Å². The Morgan fingerprint density at radius 3 is 3.07 bits per heavy atom. The van der Waals surface area contributed by atoms with Crippen LogP contribution in [-0.2, 0) is 11.4 Å². The standard InChI is InChI=1S/C9H16N4O2/c1-3-4-10-9(15)7(2)13-6-11-12-8(13)5-14/h6-7,14H,3-5H2,1-2H3,(H,10,15). The maximum Gasteiger partial charge on any atom is 0.242 e. The van der Waals surface area contributed by atoms with Gasteiger partial charge in [0.15, 0.2) is 5.82 Å². The molecular weight excluding hydrogens is 196 g/mol. The first kappa shape index (κ1) is 11.6. The Hall–Kier alpha value is -1.43. The molecule has 1 unspecified atom stereocenters. The lowest BCUT2D eigenvalue weighted by atomic mass is 10.3. The van der Waals surface area contributed by atoms with E-state index in [1.807, 2.05) is 6.92 Å². The molecule has 1 heterocycles. The second kappa shape index (κ2) is 5.45. The number of amides is 1. The molecule has 0 saturated heterocycles. The molecule has 1 aromatic heterocycles. The van der Waals surface area contributed by atoms with E-state index < -0.39 is 6.04 Å². The summed E-state index contributed by atoms with van der Waals surface area (Å²) < 4.78 is 1.56. The summed E-state index contributed by atoms with van der Waals surface area (Å²) >= 11 is 0. The van der Waals surface area contributed by atoms with Crippen molar-refractivity contribution in [2.24, 2.45) is 0 Å². The van der Waals surface area contributed by atoms with Gasteiger partial charge in [-0.1, -0.05) is 6.92 Å². The highest BCUT2D eigenvalue weighted by atomic mass is 16.3. The number of aliphatic hydroxyl groups is 1. The first-order valence-electron chi connectivity index (χ1n) is 4.97. The van der Waals surface area contributed by atoms with Gasteiger partial charge in [0.1, 0.15) is 19.0 Å². The van der Waals surface area contributed by atoms with Crippen LogP contribution in [0.3, 0.4) is 0 Å². The van der Waals surface area contributed by atoms with Crippen LogP contribution in [0.5, 0.6) is 0 Å². The largest absolute Gasteiger partial charge is 0.388 e. The van der Waals surface area contributed by atoms with Crippen molar-refractivity contribution < 1.29 is 9.90 Å². The Bertz CT molecular complexity index is 324. The second-order valence-corrected chi connectivity index (χ2v) is 3.28. The maximum absolute atomic E-state index is 11.6. The van der Waals surface area contributed by atoms with Gasteiger partial charge in [-0.05, 0) is 13.3 Å². The quantitative estimate of drug-likeness (QED) is 0.711. The molecule has 84 valence electrons. The summed E-state index contributed by atoms with van der Waals surface area (Å²) in [7, 11) is 0. The average molecular weight is 212 g/mol. The van der Waals surface area contributed by atoms with Crippen LogP contribution in [-0.4, -0.2) is 32.3 Å². The van der Waals surface area contributed by atoms with E-state index in [4.69, 9.17) is 5.11 Å². The molecule has 0 aromatic carbocycles. The highest BCUT2D eigenvalue weighted by molar-refractivity contribution is 5.79. The van der Waals surface area contributed by atoms with Crippen LogP contribution >= 0.6 is 0 Å². The monoisotopic (exact) mass is 212 g/mol. The van der Waals surface area contributed by atoms with Gasteiger partial charge in [0, 0.05) is 6.54 Å². The lowest BCUT2D eigenvalue weighted by Crippen LogP contribution is -2.32. The molecule has 0 bridgehead atoms. The highest BCUT2D eigenvalue weighted by Gasteiger charge is 2.17. The number of rotatable bonds is 5. The summed E-state index contributed by atoms with van der Waals surface area (Å²) in [5.41, 5.74) is 0. The van der Waals surface area contributed by atoms with E-state index in [0.717, 1.165) is 6.42 Å². The van der Waals surface area contributed by atoms with E-state index in [1.54, 1.807) is 11.5 Å². The number of carbonyl (C=O) groups excluding carboxylic acids is 1. The molecule has 1 aromatic rings. The minimum atomic E-state index is -0.395. The zero-order valence-corrected chi connectivity index (χ0v) is 8.97. The van der Waals surface area contributed by atoms with Crippen molar-refractivity contribution in [1.29, 1.82) is 0 Å². The number of carbonyl (C=O) groups is 1. The zero-order chi connectivity index (χ0) is 11.3. The minimum absolute atomic E-state index is 0.0913. The number of hydrogen-bond acceptors (Lipinski definition) is 4. The Labute approximate surface area is 88.3 Å². The lowest BCUT2D eigenvalue weighted by Gasteiger charge is -2.14. The van der Waals surface area contributed by atoms with Crippen LogP contribution in [0.15, 0.2) is 6.33 Å². The fourth-order valence-corrected chi connectivity index (χ4v) is 1.23. The van der Waals surface area contributed by atoms with Gasteiger partial charge in [-0.15, -0.1) is 10.2 Å². The van der Waals surface area contributed by atoms with Gasteiger partial charge in [-0.2, -0.15) is 0 Å². The molecule has 1 amide bonds. The van der Waals surface area contributed by atoms with Crippen molar-refractivity contribution in [1.82, 2.24) is 20.1 Å². The molecule has 0 fully saturated rings. The average Bonchev–Trinajstić information content (AvgIpc) is 2.72.